The third kappa shape index (κ3) is 2.38. The van der Waals surface area contributed by atoms with E-state index in [-0.39, 0.29) is 29.1 Å². The first kappa shape index (κ1) is 14.3. The SMILES string of the molecule is O=S(=O)(c1ccc(Cl)cc1)N1CCc2c(F)cc(F)cc21. The maximum atomic E-state index is 13.7. The van der Waals surface area contributed by atoms with Crippen LogP contribution in [0.2, 0.25) is 5.02 Å². The number of anilines is 1. The maximum Gasteiger partial charge on any atom is 0.264 e. The van der Waals surface area contributed by atoms with E-state index in [4.69, 9.17) is 11.6 Å². The number of nitrogens with zero attached hydrogens (tertiary/aromatic N) is 1. The summed E-state index contributed by atoms with van der Waals surface area (Å²) in [5.74, 6) is -1.52. The molecular weight excluding hydrogens is 320 g/mol. The van der Waals surface area contributed by atoms with Gasteiger partial charge in [-0.25, -0.2) is 17.2 Å². The van der Waals surface area contributed by atoms with E-state index in [1.807, 2.05) is 0 Å². The Morgan fingerprint density at radius 2 is 1.76 bits per heavy atom. The number of sulfonamides is 1. The molecule has 0 fully saturated rings. The van der Waals surface area contributed by atoms with E-state index in [9.17, 15) is 17.2 Å². The zero-order valence-electron chi connectivity index (χ0n) is 10.7. The van der Waals surface area contributed by atoms with Crippen molar-refractivity contribution in [2.24, 2.45) is 0 Å². The van der Waals surface area contributed by atoms with Crippen LogP contribution in [0.5, 0.6) is 0 Å². The van der Waals surface area contributed by atoms with Crippen LogP contribution in [0, 0.1) is 11.6 Å². The average molecular weight is 330 g/mol. The van der Waals surface area contributed by atoms with Crippen LogP contribution in [-0.2, 0) is 16.4 Å². The van der Waals surface area contributed by atoms with Gasteiger partial charge in [-0.3, -0.25) is 4.31 Å². The van der Waals surface area contributed by atoms with Gasteiger partial charge in [-0.1, -0.05) is 11.6 Å². The van der Waals surface area contributed by atoms with Gasteiger partial charge in [-0.2, -0.15) is 0 Å². The number of rotatable bonds is 2. The summed E-state index contributed by atoms with van der Waals surface area (Å²) in [6.07, 6.45) is 0.217. The van der Waals surface area contributed by atoms with Gasteiger partial charge in [0.1, 0.15) is 11.6 Å². The summed E-state index contributed by atoms with van der Waals surface area (Å²) in [4.78, 5) is 0.0319. The summed E-state index contributed by atoms with van der Waals surface area (Å²) < 4.78 is 53.2. The highest BCUT2D eigenvalue weighted by atomic mass is 35.5. The number of benzene rings is 2. The Balaban J connectivity index is 2.10. The van der Waals surface area contributed by atoms with E-state index in [0.29, 0.717) is 5.02 Å². The van der Waals surface area contributed by atoms with Gasteiger partial charge in [-0.15, -0.1) is 0 Å². The molecule has 1 aliphatic rings. The molecule has 2 aromatic rings. The predicted molar refractivity (Wildman–Crippen MR) is 76.0 cm³/mol. The molecule has 0 aromatic heterocycles. The summed E-state index contributed by atoms with van der Waals surface area (Å²) in [7, 11) is -3.86. The third-order valence-electron chi connectivity index (χ3n) is 3.37. The minimum absolute atomic E-state index is 0.0319. The molecule has 0 amide bonds. The smallest absolute Gasteiger partial charge is 0.264 e. The van der Waals surface area contributed by atoms with E-state index < -0.39 is 21.7 Å². The molecule has 0 radical (unpaired) electrons. The largest absolute Gasteiger partial charge is 0.266 e. The van der Waals surface area contributed by atoms with Crippen LogP contribution in [0.15, 0.2) is 41.3 Å². The highest BCUT2D eigenvalue weighted by Gasteiger charge is 2.33. The summed E-state index contributed by atoms with van der Waals surface area (Å²) >= 11 is 5.74. The van der Waals surface area contributed by atoms with Gasteiger partial charge in [0.15, 0.2) is 0 Å². The first-order valence-electron chi connectivity index (χ1n) is 6.16. The van der Waals surface area contributed by atoms with Crippen LogP contribution in [0.1, 0.15) is 5.56 Å². The van der Waals surface area contributed by atoms with Crippen molar-refractivity contribution >= 4 is 27.3 Å². The quantitative estimate of drug-likeness (QED) is 0.847. The van der Waals surface area contributed by atoms with Crippen LogP contribution in [0.3, 0.4) is 0 Å². The fourth-order valence-corrected chi connectivity index (χ4v) is 3.99. The van der Waals surface area contributed by atoms with Crippen molar-refractivity contribution in [2.45, 2.75) is 11.3 Å². The van der Waals surface area contributed by atoms with Gasteiger partial charge >= 0.3 is 0 Å². The molecule has 0 unspecified atom stereocenters. The average Bonchev–Trinajstić information content (AvgIpc) is 2.83. The Morgan fingerprint density at radius 1 is 1.10 bits per heavy atom. The van der Waals surface area contributed by atoms with Crippen molar-refractivity contribution in [2.75, 3.05) is 10.8 Å². The van der Waals surface area contributed by atoms with Crippen molar-refractivity contribution in [3.05, 3.63) is 58.6 Å². The summed E-state index contributed by atoms with van der Waals surface area (Å²) in [6.45, 7) is 0.0840. The normalized spacial score (nSPS) is 14.3. The van der Waals surface area contributed by atoms with Crippen molar-refractivity contribution in [3.63, 3.8) is 0 Å². The molecule has 0 aliphatic carbocycles. The van der Waals surface area contributed by atoms with Crippen LogP contribution in [0.4, 0.5) is 14.5 Å². The van der Waals surface area contributed by atoms with E-state index >= 15 is 0 Å². The number of halogens is 3. The minimum atomic E-state index is -3.86. The molecule has 0 saturated carbocycles. The number of hydrogen-bond donors (Lipinski definition) is 0. The summed E-state index contributed by atoms with van der Waals surface area (Å²) in [6, 6.07) is 7.45. The zero-order valence-corrected chi connectivity index (χ0v) is 12.3. The number of hydrogen-bond acceptors (Lipinski definition) is 2. The van der Waals surface area contributed by atoms with Gasteiger partial charge in [0.25, 0.3) is 10.0 Å². The molecular formula is C14H10ClF2NO2S. The predicted octanol–water partition coefficient (Wildman–Crippen LogP) is 3.37. The lowest BCUT2D eigenvalue weighted by atomic mass is 10.1. The Bertz CT molecular complexity index is 806. The van der Waals surface area contributed by atoms with E-state index in [1.54, 1.807) is 0 Å². The monoisotopic (exact) mass is 329 g/mol. The molecule has 0 atom stereocenters. The van der Waals surface area contributed by atoms with Crippen LogP contribution >= 0.6 is 11.6 Å². The topological polar surface area (TPSA) is 37.4 Å². The number of fused-ring (bicyclic) bond motifs is 1. The molecule has 21 heavy (non-hydrogen) atoms. The molecule has 2 aromatic carbocycles. The molecule has 0 spiro atoms. The van der Waals surface area contributed by atoms with Crippen LogP contribution in [-0.4, -0.2) is 15.0 Å². The lowest BCUT2D eigenvalue weighted by Gasteiger charge is -2.19. The molecule has 0 saturated heterocycles. The Kier molecular flexibility index (Phi) is 3.37. The fourth-order valence-electron chi connectivity index (χ4n) is 2.38. The van der Waals surface area contributed by atoms with Gasteiger partial charge < -0.3 is 0 Å². The Hall–Kier alpha value is -1.66. The van der Waals surface area contributed by atoms with Crippen LogP contribution in [0.25, 0.3) is 0 Å². The first-order chi connectivity index (χ1) is 9.89. The van der Waals surface area contributed by atoms with Crippen molar-refractivity contribution < 1.29 is 17.2 Å². The summed E-state index contributed by atoms with van der Waals surface area (Å²) in [5.41, 5.74) is 0.274. The van der Waals surface area contributed by atoms with Crippen LogP contribution < -0.4 is 4.31 Å². The minimum Gasteiger partial charge on any atom is -0.266 e. The molecule has 110 valence electrons. The van der Waals surface area contributed by atoms with Crippen molar-refractivity contribution in [1.29, 1.82) is 0 Å². The van der Waals surface area contributed by atoms with Gasteiger partial charge in [-0.05, 0) is 36.8 Å². The second-order valence-corrected chi connectivity index (χ2v) is 6.97. The van der Waals surface area contributed by atoms with E-state index in [1.165, 1.54) is 24.3 Å². The van der Waals surface area contributed by atoms with Crippen molar-refractivity contribution in [3.8, 4) is 0 Å². The third-order valence-corrected chi connectivity index (χ3v) is 5.45. The molecule has 1 aliphatic heterocycles. The van der Waals surface area contributed by atoms with E-state index in [2.05, 4.69) is 0 Å². The molecule has 1 heterocycles. The second kappa shape index (κ2) is 4.96. The van der Waals surface area contributed by atoms with Gasteiger partial charge in [0, 0.05) is 23.2 Å². The Labute approximate surface area is 125 Å². The van der Waals surface area contributed by atoms with Gasteiger partial charge in [0.05, 0.1) is 10.6 Å². The lowest BCUT2D eigenvalue weighted by Crippen LogP contribution is -2.29. The van der Waals surface area contributed by atoms with E-state index in [0.717, 1.165) is 16.4 Å². The summed E-state index contributed by atoms with van der Waals surface area (Å²) in [5, 5.41) is 0.410. The molecule has 0 bridgehead atoms. The Morgan fingerprint density at radius 3 is 2.43 bits per heavy atom. The fraction of sp³-hybridized carbons (Fsp3) is 0.143. The van der Waals surface area contributed by atoms with Crippen molar-refractivity contribution in [1.82, 2.24) is 0 Å². The molecule has 0 N–H and O–H groups in total. The zero-order chi connectivity index (χ0) is 15.2. The first-order valence-corrected chi connectivity index (χ1v) is 7.97. The standard InChI is InChI=1S/C14H10ClF2NO2S/c15-9-1-3-11(4-2-9)21(19,20)18-6-5-12-13(17)7-10(16)8-14(12)18/h1-4,7-8H,5-6H2. The highest BCUT2D eigenvalue weighted by Crippen LogP contribution is 2.35. The maximum absolute atomic E-state index is 13.7. The van der Waals surface area contributed by atoms with Gasteiger partial charge in [0.2, 0.25) is 0 Å². The molecule has 3 nitrogen and oxygen atoms in total. The molecule has 3 rings (SSSR count). The second-order valence-electron chi connectivity index (χ2n) is 4.67. The lowest BCUT2D eigenvalue weighted by molar-refractivity contribution is 0.577. The highest BCUT2D eigenvalue weighted by molar-refractivity contribution is 7.92. The molecule has 7 heteroatoms.